The van der Waals surface area contributed by atoms with Gasteiger partial charge in [-0.05, 0) is 62.2 Å². The number of carbonyl (C=O) groups excluding carboxylic acids is 1. The Kier molecular flexibility index (Phi) is 6.90. The van der Waals surface area contributed by atoms with Crippen molar-refractivity contribution >= 4 is 22.5 Å². The number of pyridine rings is 1. The molecule has 0 unspecified atom stereocenters. The molecule has 1 amide bonds. The molecule has 8 nitrogen and oxygen atoms in total. The molecule has 1 saturated heterocycles. The van der Waals surface area contributed by atoms with Gasteiger partial charge in [0.1, 0.15) is 24.5 Å². The standard InChI is InChI=1S/C27H31N3O5/c1-32-23-17-25(33-2)29-26-20(23)4-3-5-21(26)28-27(31)19-9-12-30(13-10-19)11-8-18-6-7-22-24(16-18)35-15-14-34-22/h3-7,16-17,19H,8-15H2,1-2H3,(H,28,31). The Balaban J connectivity index is 1.17. The number of amides is 1. The van der Waals surface area contributed by atoms with Crippen LogP contribution < -0.4 is 24.3 Å². The fraction of sp³-hybridized carbons (Fsp3) is 0.407. The smallest absolute Gasteiger partial charge is 0.227 e. The number of aromatic nitrogens is 1. The van der Waals surface area contributed by atoms with E-state index in [9.17, 15) is 4.79 Å². The van der Waals surface area contributed by atoms with Crippen molar-refractivity contribution < 1.29 is 23.7 Å². The predicted octanol–water partition coefficient (Wildman–Crippen LogP) is 3.92. The second kappa shape index (κ2) is 10.4. The summed E-state index contributed by atoms with van der Waals surface area (Å²) >= 11 is 0. The van der Waals surface area contributed by atoms with Crippen LogP contribution in [0.4, 0.5) is 5.69 Å². The van der Waals surface area contributed by atoms with E-state index in [1.54, 1.807) is 20.3 Å². The van der Waals surface area contributed by atoms with Crippen molar-refractivity contribution in [2.75, 3.05) is 52.4 Å². The molecule has 184 valence electrons. The van der Waals surface area contributed by atoms with Gasteiger partial charge in [0.25, 0.3) is 0 Å². The van der Waals surface area contributed by atoms with E-state index in [0.717, 1.165) is 55.8 Å². The topological polar surface area (TPSA) is 82.2 Å². The van der Waals surface area contributed by atoms with Crippen molar-refractivity contribution in [2.45, 2.75) is 19.3 Å². The van der Waals surface area contributed by atoms with Crippen LogP contribution in [0.1, 0.15) is 18.4 Å². The number of methoxy groups -OCH3 is 2. The summed E-state index contributed by atoms with van der Waals surface area (Å²) in [6.07, 6.45) is 2.61. The molecular weight excluding hydrogens is 446 g/mol. The Labute approximate surface area is 205 Å². The van der Waals surface area contributed by atoms with E-state index < -0.39 is 0 Å². The molecule has 0 saturated carbocycles. The molecule has 2 aliphatic heterocycles. The lowest BCUT2D eigenvalue weighted by molar-refractivity contribution is -0.121. The lowest BCUT2D eigenvalue weighted by Crippen LogP contribution is -2.39. The number of hydrogen-bond donors (Lipinski definition) is 1. The first-order valence-electron chi connectivity index (χ1n) is 12.1. The van der Waals surface area contributed by atoms with Gasteiger partial charge in [0.05, 0.1) is 19.9 Å². The number of nitrogens with zero attached hydrogens (tertiary/aromatic N) is 2. The van der Waals surface area contributed by atoms with Gasteiger partial charge in [-0.15, -0.1) is 0 Å². The first kappa shape index (κ1) is 23.2. The van der Waals surface area contributed by atoms with Crippen LogP contribution in [0.3, 0.4) is 0 Å². The fourth-order valence-corrected chi connectivity index (χ4v) is 4.75. The van der Waals surface area contributed by atoms with Crippen LogP contribution in [0, 0.1) is 5.92 Å². The van der Waals surface area contributed by atoms with Gasteiger partial charge in [-0.25, -0.2) is 4.98 Å². The van der Waals surface area contributed by atoms with Crippen LogP contribution in [0.5, 0.6) is 23.1 Å². The first-order chi connectivity index (χ1) is 17.1. The maximum absolute atomic E-state index is 13.1. The number of likely N-dealkylation sites (tertiary alicyclic amines) is 1. The maximum atomic E-state index is 13.1. The number of fused-ring (bicyclic) bond motifs is 2. The molecule has 8 heteroatoms. The zero-order valence-electron chi connectivity index (χ0n) is 20.2. The van der Waals surface area contributed by atoms with E-state index in [1.165, 1.54) is 5.56 Å². The Morgan fingerprint density at radius 3 is 2.63 bits per heavy atom. The van der Waals surface area contributed by atoms with E-state index in [0.29, 0.717) is 36.0 Å². The molecular formula is C27H31N3O5. The minimum Gasteiger partial charge on any atom is -0.496 e. The van der Waals surface area contributed by atoms with E-state index in [-0.39, 0.29) is 11.8 Å². The van der Waals surface area contributed by atoms with E-state index in [1.807, 2.05) is 24.3 Å². The molecule has 2 aromatic carbocycles. The molecule has 3 heterocycles. The third-order valence-electron chi connectivity index (χ3n) is 6.75. The zero-order valence-corrected chi connectivity index (χ0v) is 20.2. The minimum atomic E-state index is -0.0247. The molecule has 1 fully saturated rings. The number of para-hydroxylation sites is 1. The lowest BCUT2D eigenvalue weighted by atomic mass is 9.95. The van der Waals surface area contributed by atoms with Gasteiger partial charge in [0.15, 0.2) is 11.5 Å². The lowest BCUT2D eigenvalue weighted by Gasteiger charge is -2.31. The van der Waals surface area contributed by atoms with Gasteiger partial charge in [0.2, 0.25) is 11.8 Å². The number of anilines is 1. The molecule has 3 aromatic rings. The molecule has 0 bridgehead atoms. The predicted molar refractivity (Wildman–Crippen MR) is 134 cm³/mol. The molecule has 0 aliphatic carbocycles. The Hall–Kier alpha value is -3.52. The molecule has 2 aliphatic rings. The second-order valence-electron chi connectivity index (χ2n) is 8.90. The SMILES string of the molecule is COc1cc(OC)c2cccc(NC(=O)C3CCN(CCc4ccc5c(c4)OCCO5)CC3)c2n1. The number of hydrogen-bond acceptors (Lipinski definition) is 7. The van der Waals surface area contributed by atoms with Crippen LogP contribution >= 0.6 is 0 Å². The quantitative estimate of drug-likeness (QED) is 0.552. The van der Waals surface area contributed by atoms with Crippen LogP contribution in [0.15, 0.2) is 42.5 Å². The largest absolute Gasteiger partial charge is 0.496 e. The summed E-state index contributed by atoms with van der Waals surface area (Å²) in [5, 5.41) is 3.94. The Morgan fingerprint density at radius 1 is 1.06 bits per heavy atom. The van der Waals surface area contributed by atoms with Gasteiger partial charge in [-0.1, -0.05) is 12.1 Å². The van der Waals surface area contributed by atoms with Crippen molar-refractivity contribution in [3.8, 4) is 23.1 Å². The first-order valence-corrected chi connectivity index (χ1v) is 12.1. The number of carbonyl (C=O) groups is 1. The summed E-state index contributed by atoms with van der Waals surface area (Å²) in [4.78, 5) is 20.1. The van der Waals surface area contributed by atoms with Gasteiger partial charge in [0, 0.05) is 23.9 Å². The number of piperidine rings is 1. The fourth-order valence-electron chi connectivity index (χ4n) is 4.75. The highest BCUT2D eigenvalue weighted by Gasteiger charge is 2.26. The van der Waals surface area contributed by atoms with E-state index >= 15 is 0 Å². The van der Waals surface area contributed by atoms with Crippen LogP contribution in [-0.4, -0.2) is 62.9 Å². The van der Waals surface area contributed by atoms with Crippen molar-refractivity contribution in [3.05, 3.63) is 48.0 Å². The molecule has 1 N–H and O–H groups in total. The second-order valence-corrected chi connectivity index (χ2v) is 8.90. The zero-order chi connectivity index (χ0) is 24.2. The summed E-state index contributed by atoms with van der Waals surface area (Å²) < 4.78 is 22.1. The highest BCUT2D eigenvalue weighted by atomic mass is 16.6. The van der Waals surface area contributed by atoms with Crippen LogP contribution in [-0.2, 0) is 11.2 Å². The normalized spacial score (nSPS) is 16.2. The summed E-state index contributed by atoms with van der Waals surface area (Å²) in [7, 11) is 3.18. The summed E-state index contributed by atoms with van der Waals surface area (Å²) in [6.45, 7) is 3.97. The monoisotopic (exact) mass is 477 g/mol. The molecule has 0 atom stereocenters. The van der Waals surface area contributed by atoms with Crippen molar-refractivity contribution in [3.63, 3.8) is 0 Å². The molecule has 0 spiro atoms. The van der Waals surface area contributed by atoms with Crippen molar-refractivity contribution in [1.29, 1.82) is 0 Å². The highest BCUT2D eigenvalue weighted by molar-refractivity contribution is 6.03. The molecule has 0 radical (unpaired) electrons. The Bertz CT molecular complexity index is 1210. The molecule has 1 aromatic heterocycles. The third-order valence-corrected chi connectivity index (χ3v) is 6.75. The average Bonchev–Trinajstić information content (AvgIpc) is 2.91. The summed E-state index contributed by atoms with van der Waals surface area (Å²) in [6, 6.07) is 13.6. The van der Waals surface area contributed by atoms with Gasteiger partial charge in [-0.2, -0.15) is 0 Å². The number of rotatable bonds is 7. The van der Waals surface area contributed by atoms with Crippen molar-refractivity contribution in [2.24, 2.45) is 5.92 Å². The maximum Gasteiger partial charge on any atom is 0.227 e. The van der Waals surface area contributed by atoms with E-state index in [2.05, 4.69) is 27.3 Å². The number of nitrogens with one attached hydrogen (secondary N) is 1. The average molecular weight is 478 g/mol. The minimum absolute atomic E-state index is 0.0247. The summed E-state index contributed by atoms with van der Waals surface area (Å²) in [5.41, 5.74) is 2.57. The third kappa shape index (κ3) is 5.12. The Morgan fingerprint density at radius 2 is 1.86 bits per heavy atom. The molecule has 35 heavy (non-hydrogen) atoms. The van der Waals surface area contributed by atoms with Gasteiger partial charge >= 0.3 is 0 Å². The number of ether oxygens (including phenoxy) is 4. The van der Waals surface area contributed by atoms with Crippen molar-refractivity contribution in [1.82, 2.24) is 9.88 Å². The highest BCUT2D eigenvalue weighted by Crippen LogP contribution is 2.33. The molecule has 5 rings (SSSR count). The van der Waals surface area contributed by atoms with Crippen LogP contribution in [0.25, 0.3) is 10.9 Å². The summed E-state index contributed by atoms with van der Waals surface area (Å²) in [5.74, 6) is 2.78. The van der Waals surface area contributed by atoms with Gasteiger partial charge in [-0.3, -0.25) is 4.79 Å². The van der Waals surface area contributed by atoms with Crippen LogP contribution in [0.2, 0.25) is 0 Å². The van der Waals surface area contributed by atoms with Gasteiger partial charge < -0.3 is 29.2 Å². The number of benzene rings is 2. The van der Waals surface area contributed by atoms with E-state index in [4.69, 9.17) is 18.9 Å².